The summed E-state index contributed by atoms with van der Waals surface area (Å²) in [4.78, 5) is 23.7. The van der Waals surface area contributed by atoms with Gasteiger partial charge in [-0.15, -0.1) is 0 Å². The van der Waals surface area contributed by atoms with Crippen LogP contribution in [0.25, 0.3) is 6.08 Å². The smallest absolute Gasteiger partial charge is 0.331 e. The summed E-state index contributed by atoms with van der Waals surface area (Å²) >= 11 is 0. The zero-order chi connectivity index (χ0) is 20.0. The van der Waals surface area contributed by atoms with Gasteiger partial charge in [0.2, 0.25) is 0 Å². The average molecular weight is 370 g/mol. The number of carbonyl (C=O) groups is 2. The van der Waals surface area contributed by atoms with E-state index in [0.717, 1.165) is 17.7 Å². The molecule has 0 fully saturated rings. The minimum absolute atomic E-state index is 0.0807. The number of nitrogens with one attached hydrogen (secondary N) is 1. The van der Waals surface area contributed by atoms with E-state index in [4.69, 9.17) is 24.9 Å². The summed E-state index contributed by atoms with van der Waals surface area (Å²) in [5, 5.41) is 16.2. The molecule has 7 nitrogen and oxygen atoms in total. The molecule has 1 aromatic rings. The second kappa shape index (κ2) is 8.99. The molecule has 1 aliphatic heterocycles. The lowest BCUT2D eigenvalue weighted by Crippen LogP contribution is -2.25. The van der Waals surface area contributed by atoms with Crippen molar-refractivity contribution in [3.05, 3.63) is 29.3 Å². The van der Waals surface area contributed by atoms with Gasteiger partial charge >= 0.3 is 5.97 Å². The lowest BCUT2D eigenvalue weighted by Gasteiger charge is -2.10. The summed E-state index contributed by atoms with van der Waals surface area (Å²) in [6.45, 7) is 5.14. The standard InChI is InChI=1S/C20H22N2O5/c1-4-25-18-9-15-7-12(2)27-19(15)8-14(18)5-6-20(24)26-11-17(23)16(10-21)13(3)22/h5-6,8-9,12,16,22H,4,7,11H2,1-3H3/b6-5+,22-13?/t12-,16-/m1/s1. The molecule has 0 bridgehead atoms. The second-order valence-electron chi connectivity index (χ2n) is 6.22. The number of hydrogen-bond donors (Lipinski definition) is 1. The van der Waals surface area contributed by atoms with Gasteiger partial charge in [0.1, 0.15) is 23.5 Å². The Labute approximate surface area is 158 Å². The first-order valence-electron chi connectivity index (χ1n) is 8.64. The molecule has 2 rings (SSSR count). The molecule has 0 saturated carbocycles. The molecule has 0 radical (unpaired) electrons. The van der Waals surface area contributed by atoms with Crippen molar-refractivity contribution in [2.45, 2.75) is 33.3 Å². The number of fused-ring (bicyclic) bond motifs is 1. The van der Waals surface area contributed by atoms with Gasteiger partial charge in [0.15, 0.2) is 12.4 Å². The third-order valence-corrected chi connectivity index (χ3v) is 3.97. The van der Waals surface area contributed by atoms with Crippen LogP contribution in [-0.2, 0) is 20.7 Å². The summed E-state index contributed by atoms with van der Waals surface area (Å²) in [7, 11) is 0. The lowest BCUT2D eigenvalue weighted by atomic mass is 10.0. The number of ether oxygens (including phenoxy) is 3. The fourth-order valence-corrected chi connectivity index (χ4v) is 2.71. The summed E-state index contributed by atoms with van der Waals surface area (Å²) in [5.41, 5.74) is 1.64. The van der Waals surface area contributed by atoms with Gasteiger partial charge in [0.25, 0.3) is 0 Å². The SMILES string of the molecule is CCOc1cc2c(cc1/C=C/C(=O)OCC(=O)[C@H](C#N)C(C)=N)O[C@H](C)C2. The van der Waals surface area contributed by atoms with Crippen LogP contribution >= 0.6 is 0 Å². The average Bonchev–Trinajstić information content (AvgIpc) is 2.97. The molecular formula is C20H22N2O5. The number of benzene rings is 1. The first-order valence-corrected chi connectivity index (χ1v) is 8.64. The Morgan fingerprint density at radius 1 is 1.48 bits per heavy atom. The highest BCUT2D eigenvalue weighted by molar-refractivity contribution is 6.06. The summed E-state index contributed by atoms with van der Waals surface area (Å²) in [6.07, 6.45) is 3.62. The lowest BCUT2D eigenvalue weighted by molar-refractivity contribution is -0.143. The third kappa shape index (κ3) is 5.17. The molecule has 0 spiro atoms. The summed E-state index contributed by atoms with van der Waals surface area (Å²) in [5.74, 6) is -1.14. The van der Waals surface area contributed by atoms with E-state index in [1.54, 1.807) is 6.07 Å². The van der Waals surface area contributed by atoms with Crippen LogP contribution in [0.5, 0.6) is 11.5 Å². The number of hydrogen-bond acceptors (Lipinski definition) is 7. The molecular weight excluding hydrogens is 348 g/mol. The van der Waals surface area contributed by atoms with Gasteiger partial charge in [0, 0.05) is 29.3 Å². The zero-order valence-corrected chi connectivity index (χ0v) is 15.6. The van der Waals surface area contributed by atoms with Gasteiger partial charge in [-0.25, -0.2) is 4.79 Å². The molecule has 142 valence electrons. The Bertz CT molecular complexity index is 822. The van der Waals surface area contributed by atoms with E-state index < -0.39 is 24.3 Å². The molecule has 1 heterocycles. The van der Waals surface area contributed by atoms with Crippen molar-refractivity contribution in [3.8, 4) is 17.6 Å². The van der Waals surface area contributed by atoms with E-state index in [-0.39, 0.29) is 11.8 Å². The van der Waals surface area contributed by atoms with Crippen molar-refractivity contribution < 1.29 is 23.8 Å². The molecule has 0 unspecified atom stereocenters. The molecule has 1 N–H and O–H groups in total. The first-order chi connectivity index (χ1) is 12.8. The maximum atomic E-state index is 11.9. The van der Waals surface area contributed by atoms with Crippen molar-refractivity contribution >= 4 is 23.5 Å². The maximum absolute atomic E-state index is 11.9. The highest BCUT2D eigenvalue weighted by Gasteiger charge is 2.22. The number of rotatable bonds is 8. The van der Waals surface area contributed by atoms with E-state index in [1.807, 2.05) is 26.0 Å². The molecule has 7 heteroatoms. The van der Waals surface area contributed by atoms with Crippen LogP contribution in [-0.4, -0.2) is 36.8 Å². The van der Waals surface area contributed by atoms with Crippen molar-refractivity contribution in [2.75, 3.05) is 13.2 Å². The number of esters is 1. The third-order valence-electron chi connectivity index (χ3n) is 3.97. The first kappa shape index (κ1) is 20.2. The largest absolute Gasteiger partial charge is 0.493 e. The van der Waals surface area contributed by atoms with E-state index >= 15 is 0 Å². The van der Waals surface area contributed by atoms with Crippen molar-refractivity contribution in [1.29, 1.82) is 10.7 Å². The Morgan fingerprint density at radius 3 is 2.85 bits per heavy atom. The predicted molar refractivity (Wildman–Crippen MR) is 98.9 cm³/mol. The minimum Gasteiger partial charge on any atom is -0.493 e. The molecule has 2 atom stereocenters. The quantitative estimate of drug-likeness (QED) is 0.428. The van der Waals surface area contributed by atoms with Crippen LogP contribution in [0.3, 0.4) is 0 Å². The number of ketones is 1. The van der Waals surface area contributed by atoms with E-state index in [1.165, 1.54) is 19.1 Å². The highest BCUT2D eigenvalue weighted by atomic mass is 16.5. The zero-order valence-electron chi connectivity index (χ0n) is 15.6. The van der Waals surface area contributed by atoms with Crippen LogP contribution in [0.15, 0.2) is 18.2 Å². The van der Waals surface area contributed by atoms with E-state index in [2.05, 4.69) is 0 Å². The van der Waals surface area contributed by atoms with Crippen LogP contribution in [0.2, 0.25) is 0 Å². The summed E-state index contributed by atoms with van der Waals surface area (Å²) < 4.78 is 16.2. The topological polar surface area (TPSA) is 109 Å². The molecule has 0 aromatic heterocycles. The molecule has 1 aliphatic rings. The van der Waals surface area contributed by atoms with E-state index in [0.29, 0.717) is 17.9 Å². The van der Waals surface area contributed by atoms with E-state index in [9.17, 15) is 9.59 Å². The van der Waals surface area contributed by atoms with Gasteiger partial charge in [0.05, 0.1) is 12.7 Å². The molecule has 0 saturated heterocycles. The number of carbonyl (C=O) groups excluding carboxylic acids is 2. The highest BCUT2D eigenvalue weighted by Crippen LogP contribution is 2.35. The minimum atomic E-state index is -1.19. The second-order valence-corrected chi connectivity index (χ2v) is 6.22. The van der Waals surface area contributed by atoms with Crippen LogP contribution in [0.1, 0.15) is 31.9 Å². The predicted octanol–water partition coefficient (Wildman–Crippen LogP) is 2.71. The molecule has 0 amide bonds. The Balaban J connectivity index is 2.05. The normalized spacial score (nSPS) is 16.1. The van der Waals surface area contributed by atoms with Crippen molar-refractivity contribution in [3.63, 3.8) is 0 Å². The van der Waals surface area contributed by atoms with Gasteiger partial charge in [-0.05, 0) is 39.0 Å². The van der Waals surface area contributed by atoms with Gasteiger partial charge in [-0.3, -0.25) is 4.79 Å². The molecule has 1 aromatic carbocycles. The fraction of sp³-hybridized carbons (Fsp3) is 0.400. The van der Waals surface area contributed by atoms with Crippen LogP contribution in [0, 0.1) is 22.7 Å². The number of nitriles is 1. The van der Waals surface area contributed by atoms with Crippen LogP contribution in [0.4, 0.5) is 0 Å². The summed E-state index contributed by atoms with van der Waals surface area (Å²) in [6, 6.07) is 5.43. The number of nitrogens with zero attached hydrogens (tertiary/aromatic N) is 1. The van der Waals surface area contributed by atoms with Crippen LogP contribution < -0.4 is 9.47 Å². The van der Waals surface area contributed by atoms with Gasteiger partial charge in [-0.1, -0.05) is 0 Å². The number of Topliss-reactive ketones (excluding diaryl/α,β-unsaturated/α-hetero) is 1. The molecule has 27 heavy (non-hydrogen) atoms. The Morgan fingerprint density at radius 2 is 2.22 bits per heavy atom. The monoisotopic (exact) mass is 370 g/mol. The van der Waals surface area contributed by atoms with Crippen molar-refractivity contribution in [1.82, 2.24) is 0 Å². The molecule has 0 aliphatic carbocycles. The Kier molecular flexibility index (Phi) is 6.72. The fourth-order valence-electron chi connectivity index (χ4n) is 2.71. The van der Waals surface area contributed by atoms with Gasteiger partial charge in [-0.2, -0.15) is 5.26 Å². The van der Waals surface area contributed by atoms with Gasteiger partial charge < -0.3 is 19.6 Å². The Hall–Kier alpha value is -3.14. The van der Waals surface area contributed by atoms with Crippen molar-refractivity contribution in [2.24, 2.45) is 5.92 Å². The maximum Gasteiger partial charge on any atom is 0.331 e.